The Kier molecular flexibility index (Phi) is 4.58. The van der Waals surface area contributed by atoms with Gasteiger partial charge in [0.05, 0.1) is 0 Å². The Hall–Kier alpha value is -1.26. The van der Waals surface area contributed by atoms with Crippen LogP contribution in [0.15, 0.2) is 24.3 Å². The summed E-state index contributed by atoms with van der Waals surface area (Å²) in [4.78, 5) is 2.46. The van der Waals surface area contributed by atoms with Gasteiger partial charge in [-0.05, 0) is 45.4 Å². The van der Waals surface area contributed by atoms with E-state index >= 15 is 0 Å². The largest absolute Gasteiger partial charge is 0.294 e. The number of hydrogen-bond donors (Lipinski definition) is 0. The molecule has 0 N–H and O–H groups in total. The topological polar surface area (TPSA) is 3.24 Å². The molecule has 0 saturated carbocycles. The summed E-state index contributed by atoms with van der Waals surface area (Å²) in [6.45, 7) is 9.91. The van der Waals surface area contributed by atoms with Gasteiger partial charge < -0.3 is 0 Å². The van der Waals surface area contributed by atoms with Crippen LogP contribution >= 0.6 is 0 Å². The summed E-state index contributed by atoms with van der Waals surface area (Å²) < 4.78 is 0. The van der Waals surface area contributed by atoms with Crippen LogP contribution < -0.4 is 0 Å². The average Bonchev–Trinajstić information content (AvgIpc) is 2.25. The quantitative estimate of drug-likeness (QED) is 0.697. The molecule has 1 nitrogen and oxygen atoms in total. The first-order valence-electron chi connectivity index (χ1n) is 5.86. The maximum Gasteiger partial charge on any atom is 0.0242 e. The van der Waals surface area contributed by atoms with Gasteiger partial charge in [-0.15, -0.1) is 6.42 Å². The highest BCUT2D eigenvalue weighted by molar-refractivity contribution is 5.34. The Balaban J connectivity index is 2.75. The van der Waals surface area contributed by atoms with Crippen LogP contribution in [0, 0.1) is 12.3 Å². The van der Waals surface area contributed by atoms with Crippen molar-refractivity contribution in [2.45, 2.75) is 46.3 Å². The monoisotopic (exact) mass is 215 g/mol. The van der Waals surface area contributed by atoms with Gasteiger partial charge in [-0.3, -0.25) is 4.90 Å². The smallest absolute Gasteiger partial charge is 0.0242 e. The molecule has 0 amide bonds. The third-order valence-corrected chi connectivity index (χ3v) is 2.81. The van der Waals surface area contributed by atoms with Crippen molar-refractivity contribution in [1.29, 1.82) is 0 Å². The summed E-state index contributed by atoms with van der Waals surface area (Å²) in [5.41, 5.74) is 2.27. The molecule has 0 saturated heterocycles. The Bertz CT molecular complexity index is 346. The predicted octanol–water partition coefficient (Wildman–Crippen LogP) is 3.29. The zero-order chi connectivity index (χ0) is 12.1. The predicted molar refractivity (Wildman–Crippen MR) is 70.2 cm³/mol. The molecule has 0 heterocycles. The molecular formula is C15H21N. The van der Waals surface area contributed by atoms with Crippen molar-refractivity contribution in [1.82, 2.24) is 4.90 Å². The summed E-state index contributed by atoms with van der Waals surface area (Å²) in [6, 6.07) is 9.38. The molecule has 0 fully saturated rings. The molecule has 0 radical (unpaired) electrons. The third-order valence-electron chi connectivity index (χ3n) is 2.81. The summed E-state index contributed by atoms with van der Waals surface area (Å²) in [5.74, 6) is 2.64. The van der Waals surface area contributed by atoms with Crippen molar-refractivity contribution >= 4 is 0 Å². The molecule has 0 aromatic heterocycles. The number of benzene rings is 1. The van der Waals surface area contributed by atoms with Crippen molar-refractivity contribution in [2.24, 2.45) is 0 Å². The van der Waals surface area contributed by atoms with Crippen LogP contribution in [0.25, 0.3) is 0 Å². The van der Waals surface area contributed by atoms with Gasteiger partial charge in [0.1, 0.15) is 0 Å². The van der Waals surface area contributed by atoms with Gasteiger partial charge in [0.2, 0.25) is 0 Å². The van der Waals surface area contributed by atoms with Crippen LogP contribution in [0.5, 0.6) is 0 Å². The SMILES string of the molecule is C#Cc1ccc(CN(C(C)C)C(C)C)cc1. The van der Waals surface area contributed by atoms with E-state index in [0.29, 0.717) is 12.1 Å². The first kappa shape index (κ1) is 12.8. The van der Waals surface area contributed by atoms with E-state index in [1.807, 2.05) is 12.1 Å². The fourth-order valence-electron chi connectivity index (χ4n) is 1.88. The zero-order valence-corrected chi connectivity index (χ0v) is 10.7. The molecule has 1 heteroatoms. The lowest BCUT2D eigenvalue weighted by Crippen LogP contribution is -2.36. The second-order valence-corrected chi connectivity index (χ2v) is 4.70. The van der Waals surface area contributed by atoms with E-state index in [9.17, 15) is 0 Å². The molecule has 0 unspecified atom stereocenters. The van der Waals surface area contributed by atoms with Gasteiger partial charge >= 0.3 is 0 Å². The van der Waals surface area contributed by atoms with Gasteiger partial charge in [-0.1, -0.05) is 18.1 Å². The minimum Gasteiger partial charge on any atom is -0.294 e. The summed E-state index contributed by atoms with van der Waals surface area (Å²) in [7, 11) is 0. The van der Waals surface area contributed by atoms with Crippen LogP contribution in [-0.2, 0) is 6.54 Å². The van der Waals surface area contributed by atoms with E-state index in [4.69, 9.17) is 6.42 Å². The summed E-state index contributed by atoms with van der Waals surface area (Å²) in [5, 5.41) is 0. The molecule has 1 aromatic carbocycles. The van der Waals surface area contributed by atoms with E-state index in [-0.39, 0.29) is 0 Å². The maximum atomic E-state index is 5.34. The average molecular weight is 215 g/mol. The van der Waals surface area contributed by atoms with Gasteiger partial charge in [0, 0.05) is 24.2 Å². The minimum absolute atomic E-state index is 0.562. The van der Waals surface area contributed by atoms with Crippen molar-refractivity contribution in [3.63, 3.8) is 0 Å². The lowest BCUT2D eigenvalue weighted by Gasteiger charge is -2.30. The molecule has 16 heavy (non-hydrogen) atoms. The number of nitrogens with zero attached hydrogens (tertiary/aromatic N) is 1. The first-order chi connectivity index (χ1) is 7.54. The fourth-order valence-corrected chi connectivity index (χ4v) is 1.88. The molecule has 1 rings (SSSR count). The Morgan fingerprint density at radius 2 is 1.56 bits per heavy atom. The summed E-state index contributed by atoms with van der Waals surface area (Å²) >= 11 is 0. The van der Waals surface area contributed by atoms with Gasteiger partial charge in [0.25, 0.3) is 0 Å². The van der Waals surface area contributed by atoms with Crippen molar-refractivity contribution in [3.8, 4) is 12.3 Å². The Morgan fingerprint density at radius 3 is 1.94 bits per heavy atom. The van der Waals surface area contributed by atoms with Crippen LogP contribution in [0.2, 0.25) is 0 Å². The Labute approximate surface area is 99.5 Å². The standard InChI is InChI=1S/C15H21N/c1-6-14-7-9-15(10-8-14)11-16(12(2)3)13(4)5/h1,7-10,12-13H,11H2,2-5H3. The molecule has 0 aliphatic rings. The Morgan fingerprint density at radius 1 is 1.06 bits per heavy atom. The zero-order valence-electron chi connectivity index (χ0n) is 10.7. The normalized spacial score (nSPS) is 11.1. The number of rotatable bonds is 4. The van der Waals surface area contributed by atoms with E-state index in [1.165, 1.54) is 5.56 Å². The van der Waals surface area contributed by atoms with Crippen molar-refractivity contribution < 1.29 is 0 Å². The van der Waals surface area contributed by atoms with Gasteiger partial charge in [0.15, 0.2) is 0 Å². The molecule has 0 bridgehead atoms. The third kappa shape index (κ3) is 3.40. The van der Waals surface area contributed by atoms with Crippen LogP contribution in [-0.4, -0.2) is 17.0 Å². The molecular weight excluding hydrogens is 194 g/mol. The van der Waals surface area contributed by atoms with Crippen molar-refractivity contribution in [3.05, 3.63) is 35.4 Å². The highest BCUT2D eigenvalue weighted by Crippen LogP contribution is 2.12. The molecule has 86 valence electrons. The lowest BCUT2D eigenvalue weighted by molar-refractivity contribution is 0.166. The second kappa shape index (κ2) is 5.72. The molecule has 0 aliphatic carbocycles. The summed E-state index contributed by atoms with van der Waals surface area (Å²) in [6.07, 6.45) is 5.34. The van der Waals surface area contributed by atoms with Crippen LogP contribution in [0.1, 0.15) is 38.8 Å². The number of terminal acetylenes is 1. The van der Waals surface area contributed by atoms with E-state index in [2.05, 4.69) is 50.6 Å². The number of hydrogen-bond acceptors (Lipinski definition) is 1. The molecule has 0 spiro atoms. The maximum absolute atomic E-state index is 5.34. The highest BCUT2D eigenvalue weighted by Gasteiger charge is 2.13. The van der Waals surface area contributed by atoms with Crippen molar-refractivity contribution in [2.75, 3.05) is 0 Å². The van der Waals surface area contributed by atoms with Gasteiger partial charge in [-0.25, -0.2) is 0 Å². The molecule has 0 aliphatic heterocycles. The van der Waals surface area contributed by atoms with Crippen LogP contribution in [0.4, 0.5) is 0 Å². The van der Waals surface area contributed by atoms with E-state index in [0.717, 1.165) is 12.1 Å². The first-order valence-corrected chi connectivity index (χ1v) is 5.86. The minimum atomic E-state index is 0.562. The molecule has 0 atom stereocenters. The molecule has 1 aromatic rings. The second-order valence-electron chi connectivity index (χ2n) is 4.70. The van der Waals surface area contributed by atoms with Gasteiger partial charge in [-0.2, -0.15) is 0 Å². The van der Waals surface area contributed by atoms with E-state index in [1.54, 1.807) is 0 Å². The lowest BCUT2D eigenvalue weighted by atomic mass is 10.1. The highest BCUT2D eigenvalue weighted by atomic mass is 15.2. The van der Waals surface area contributed by atoms with E-state index < -0.39 is 0 Å². The fraction of sp³-hybridized carbons (Fsp3) is 0.467. The van der Waals surface area contributed by atoms with Crippen LogP contribution in [0.3, 0.4) is 0 Å².